The largest absolute Gasteiger partial charge is 0.497 e. The molecule has 98 valence electrons. The number of primary amides is 1. The number of hydrogen-bond acceptors (Lipinski definition) is 3. The molecule has 0 radical (unpaired) electrons. The van der Waals surface area contributed by atoms with E-state index in [-0.39, 0.29) is 0 Å². The Morgan fingerprint density at radius 2 is 2.06 bits per heavy atom. The summed E-state index contributed by atoms with van der Waals surface area (Å²) in [5.41, 5.74) is 6.30. The lowest BCUT2D eigenvalue weighted by Gasteiger charge is -2.12. The molecular weight excluding hydrogens is 230 g/mol. The van der Waals surface area contributed by atoms with Crippen molar-refractivity contribution >= 4 is 6.09 Å². The lowest BCUT2D eigenvalue weighted by molar-refractivity contribution is 0.137. The number of methoxy groups -OCH3 is 1. The molecule has 0 heterocycles. The number of benzene rings is 1. The average molecular weight is 249 g/mol. The van der Waals surface area contributed by atoms with Crippen molar-refractivity contribution in [3.63, 3.8) is 0 Å². The first-order chi connectivity index (χ1) is 8.69. The number of carbonyl (C=O) groups is 1. The highest BCUT2D eigenvalue weighted by Crippen LogP contribution is 2.38. The quantitative estimate of drug-likeness (QED) is 0.892. The third kappa shape index (κ3) is 3.15. The minimum absolute atomic E-state index is 0.435. The van der Waals surface area contributed by atoms with Crippen LogP contribution in [0.2, 0.25) is 0 Å². The van der Waals surface area contributed by atoms with E-state index in [9.17, 15) is 4.79 Å². The lowest BCUT2D eigenvalue weighted by Crippen LogP contribution is -2.17. The number of ether oxygens (including phenoxy) is 2. The fourth-order valence-electron chi connectivity index (χ4n) is 2.61. The van der Waals surface area contributed by atoms with Gasteiger partial charge in [-0.3, -0.25) is 0 Å². The topological polar surface area (TPSA) is 61.6 Å². The molecule has 1 aliphatic carbocycles. The zero-order chi connectivity index (χ0) is 13.0. The zero-order valence-corrected chi connectivity index (χ0v) is 10.6. The summed E-state index contributed by atoms with van der Waals surface area (Å²) in [6, 6.07) is 8.20. The number of hydrogen-bond donors (Lipinski definition) is 1. The Bertz CT molecular complexity index is 402. The molecule has 0 bridgehead atoms. The van der Waals surface area contributed by atoms with E-state index in [4.69, 9.17) is 15.2 Å². The first-order valence-electron chi connectivity index (χ1n) is 6.25. The SMILES string of the molecule is COc1ccc([C@@H]2CC[C@H](COC(N)=O)C2)cc1. The van der Waals surface area contributed by atoms with E-state index in [1.807, 2.05) is 12.1 Å². The van der Waals surface area contributed by atoms with Crippen LogP contribution in [-0.4, -0.2) is 19.8 Å². The van der Waals surface area contributed by atoms with Crippen molar-refractivity contribution in [3.05, 3.63) is 29.8 Å². The highest BCUT2D eigenvalue weighted by atomic mass is 16.5. The third-order valence-electron chi connectivity index (χ3n) is 3.59. The van der Waals surface area contributed by atoms with Gasteiger partial charge in [0, 0.05) is 0 Å². The first-order valence-corrected chi connectivity index (χ1v) is 6.25. The van der Waals surface area contributed by atoms with Crippen molar-refractivity contribution in [2.75, 3.05) is 13.7 Å². The molecule has 2 rings (SSSR count). The second kappa shape index (κ2) is 5.76. The second-order valence-corrected chi connectivity index (χ2v) is 4.78. The maximum Gasteiger partial charge on any atom is 0.404 e. The molecule has 1 fully saturated rings. The van der Waals surface area contributed by atoms with Crippen molar-refractivity contribution in [1.29, 1.82) is 0 Å². The third-order valence-corrected chi connectivity index (χ3v) is 3.59. The van der Waals surface area contributed by atoms with Crippen LogP contribution >= 0.6 is 0 Å². The average Bonchev–Trinajstić information content (AvgIpc) is 2.85. The van der Waals surface area contributed by atoms with Crippen LogP contribution in [-0.2, 0) is 4.74 Å². The molecule has 1 saturated carbocycles. The van der Waals surface area contributed by atoms with Gasteiger partial charge in [-0.2, -0.15) is 0 Å². The number of rotatable bonds is 4. The molecule has 0 unspecified atom stereocenters. The maximum atomic E-state index is 10.6. The van der Waals surface area contributed by atoms with Crippen LogP contribution in [0.15, 0.2) is 24.3 Å². The van der Waals surface area contributed by atoms with E-state index >= 15 is 0 Å². The Morgan fingerprint density at radius 3 is 2.67 bits per heavy atom. The van der Waals surface area contributed by atoms with Crippen molar-refractivity contribution in [2.45, 2.75) is 25.2 Å². The van der Waals surface area contributed by atoms with Gasteiger partial charge in [0.15, 0.2) is 0 Å². The van der Waals surface area contributed by atoms with Gasteiger partial charge < -0.3 is 15.2 Å². The monoisotopic (exact) mass is 249 g/mol. The van der Waals surface area contributed by atoms with E-state index in [2.05, 4.69) is 12.1 Å². The molecule has 1 aliphatic rings. The van der Waals surface area contributed by atoms with Crippen molar-refractivity contribution in [3.8, 4) is 5.75 Å². The minimum atomic E-state index is -0.678. The highest BCUT2D eigenvalue weighted by molar-refractivity contribution is 5.64. The van der Waals surface area contributed by atoms with Crippen LogP contribution in [0, 0.1) is 5.92 Å². The van der Waals surface area contributed by atoms with Gasteiger partial charge in [-0.05, 0) is 48.8 Å². The Hall–Kier alpha value is -1.71. The van der Waals surface area contributed by atoms with Crippen LogP contribution in [0.1, 0.15) is 30.7 Å². The highest BCUT2D eigenvalue weighted by Gasteiger charge is 2.26. The molecule has 0 aromatic heterocycles. The Morgan fingerprint density at radius 1 is 1.33 bits per heavy atom. The van der Waals surface area contributed by atoms with Crippen molar-refractivity contribution < 1.29 is 14.3 Å². The molecule has 18 heavy (non-hydrogen) atoms. The predicted molar refractivity (Wildman–Crippen MR) is 68.6 cm³/mol. The van der Waals surface area contributed by atoms with Gasteiger partial charge in [-0.25, -0.2) is 4.79 Å². The molecule has 0 saturated heterocycles. The van der Waals surface area contributed by atoms with E-state index in [1.165, 1.54) is 5.56 Å². The molecule has 4 heteroatoms. The summed E-state index contributed by atoms with van der Waals surface area (Å²) in [5, 5.41) is 0. The van der Waals surface area contributed by atoms with E-state index < -0.39 is 6.09 Å². The van der Waals surface area contributed by atoms with Gasteiger partial charge in [-0.15, -0.1) is 0 Å². The van der Waals surface area contributed by atoms with Gasteiger partial charge in [0.2, 0.25) is 0 Å². The normalized spacial score (nSPS) is 22.7. The molecule has 1 aromatic carbocycles. The molecular formula is C14H19NO3. The molecule has 2 atom stereocenters. The maximum absolute atomic E-state index is 10.6. The number of carbonyl (C=O) groups excluding carboxylic acids is 1. The van der Waals surface area contributed by atoms with Gasteiger partial charge >= 0.3 is 6.09 Å². The van der Waals surface area contributed by atoms with Crippen molar-refractivity contribution in [2.24, 2.45) is 11.7 Å². The van der Waals surface area contributed by atoms with Gasteiger partial charge in [0.05, 0.1) is 13.7 Å². The number of amides is 1. The van der Waals surface area contributed by atoms with Crippen LogP contribution in [0.25, 0.3) is 0 Å². The molecule has 0 aliphatic heterocycles. The van der Waals surface area contributed by atoms with Crippen molar-refractivity contribution in [1.82, 2.24) is 0 Å². The summed E-state index contributed by atoms with van der Waals surface area (Å²) >= 11 is 0. The van der Waals surface area contributed by atoms with Crippen LogP contribution in [0.5, 0.6) is 5.75 Å². The zero-order valence-electron chi connectivity index (χ0n) is 10.6. The molecule has 4 nitrogen and oxygen atoms in total. The van der Waals surface area contributed by atoms with E-state index in [1.54, 1.807) is 7.11 Å². The summed E-state index contributed by atoms with van der Waals surface area (Å²) < 4.78 is 10.0. The number of nitrogens with two attached hydrogens (primary N) is 1. The summed E-state index contributed by atoms with van der Waals surface area (Å²) in [6.45, 7) is 0.446. The Labute approximate surface area is 107 Å². The molecule has 1 amide bonds. The molecule has 1 aromatic rings. The fraction of sp³-hybridized carbons (Fsp3) is 0.500. The Balaban J connectivity index is 1.89. The van der Waals surface area contributed by atoms with Crippen LogP contribution in [0.4, 0.5) is 4.79 Å². The Kier molecular flexibility index (Phi) is 4.07. The summed E-state index contributed by atoms with van der Waals surface area (Å²) in [6.07, 6.45) is 2.60. The summed E-state index contributed by atoms with van der Waals surface area (Å²) in [4.78, 5) is 10.6. The van der Waals surface area contributed by atoms with Gasteiger partial charge in [-0.1, -0.05) is 12.1 Å². The van der Waals surface area contributed by atoms with E-state index in [0.29, 0.717) is 18.4 Å². The van der Waals surface area contributed by atoms with Gasteiger partial charge in [0.1, 0.15) is 5.75 Å². The van der Waals surface area contributed by atoms with Crippen LogP contribution in [0.3, 0.4) is 0 Å². The fourth-order valence-corrected chi connectivity index (χ4v) is 2.61. The smallest absolute Gasteiger partial charge is 0.404 e. The standard InChI is InChI=1S/C14H19NO3/c1-17-13-6-4-11(5-7-13)12-3-2-10(8-12)9-18-14(15)16/h4-7,10,12H,2-3,8-9H2,1H3,(H2,15,16)/t10-,12+/m0/s1. The molecule has 0 spiro atoms. The summed E-state index contributed by atoms with van der Waals surface area (Å²) in [5.74, 6) is 1.87. The van der Waals surface area contributed by atoms with E-state index in [0.717, 1.165) is 25.0 Å². The van der Waals surface area contributed by atoms with Gasteiger partial charge in [0.25, 0.3) is 0 Å². The molecule has 2 N–H and O–H groups in total. The summed E-state index contributed by atoms with van der Waals surface area (Å²) in [7, 11) is 1.67. The predicted octanol–water partition coefficient (Wildman–Crippen LogP) is 2.67. The van der Waals surface area contributed by atoms with Crippen LogP contribution < -0.4 is 10.5 Å². The lowest BCUT2D eigenvalue weighted by atomic mass is 9.96. The second-order valence-electron chi connectivity index (χ2n) is 4.78. The first kappa shape index (κ1) is 12.7. The minimum Gasteiger partial charge on any atom is -0.497 e.